The summed E-state index contributed by atoms with van der Waals surface area (Å²) in [5, 5.41) is 51.2. The molecule has 0 radical (unpaired) electrons. The molecule has 3 saturated carbocycles. The van der Waals surface area contributed by atoms with Crippen LogP contribution in [0.15, 0.2) is 35.9 Å². The smallest absolute Gasteiger partial charge is 0.504 e. The SMILES string of the molecule is CC1(C)O[C@@H]2CC3C4C[C@H](F)C5=CC(=O)C=C[C@]5(C)[C@@]4(F)[C@@H](O)C[C@]3(C)[C@]2(C(=O)COC(=O)Oc2cc(C(=O)OCCCCC(CO[N+](=O)[O-])O[N+](=O)[O-])cc(O)c2O)O1. The number of hydrogen-bond donors (Lipinski definition) is 3. The van der Waals surface area contributed by atoms with Gasteiger partial charge in [0.05, 0.1) is 24.4 Å². The molecule has 0 amide bonds. The third kappa shape index (κ3) is 7.48. The van der Waals surface area contributed by atoms with Gasteiger partial charge in [0.2, 0.25) is 11.5 Å². The number of fused-ring (bicyclic) bond motifs is 7. The third-order valence-corrected chi connectivity index (χ3v) is 12.6. The van der Waals surface area contributed by atoms with Gasteiger partial charge in [-0.15, -0.1) is 20.2 Å². The molecule has 20 nitrogen and oxygen atoms in total. The quantitative estimate of drug-likeness (QED) is 0.0559. The number of alkyl halides is 2. The van der Waals surface area contributed by atoms with Gasteiger partial charge in [-0.1, -0.05) is 13.0 Å². The number of aromatic hydroxyl groups is 2. The summed E-state index contributed by atoms with van der Waals surface area (Å²) in [6, 6.07) is 1.63. The van der Waals surface area contributed by atoms with E-state index in [9.17, 15) is 54.7 Å². The molecule has 1 heterocycles. The van der Waals surface area contributed by atoms with E-state index in [1.807, 2.05) is 0 Å². The zero-order valence-electron chi connectivity index (χ0n) is 32.8. The normalized spacial score (nSPS) is 33.8. The Morgan fingerprint density at radius 1 is 1.03 bits per heavy atom. The first-order valence-corrected chi connectivity index (χ1v) is 19.0. The molecule has 0 aromatic heterocycles. The van der Waals surface area contributed by atoms with E-state index in [4.69, 9.17) is 23.7 Å². The largest absolute Gasteiger partial charge is 0.514 e. The van der Waals surface area contributed by atoms with E-state index in [0.29, 0.717) is 0 Å². The standard InChI is InChI=1S/C38H44F2N2O18/c1-34(2)58-30-15-22-23-14-25(39)24-13-20(43)8-9-35(24,3)37(23,40)28(45)16-36(22,4)38(30,60-34)29(46)18-55-33(49)57-27-12-19(11-26(44)31(27)47)32(48)54-10-6-5-7-21(59-42(52)53)17-56-41(50)51/h8-9,11-13,21-23,25,28,30,44-45,47H,5-7,10,14-18H2,1-4H3/t21?,22?,23?,25-,28-,30+,35-,36-,37-,38+/m0/s1. The molecule has 1 saturated heterocycles. The van der Waals surface area contributed by atoms with Gasteiger partial charge in [0, 0.05) is 16.7 Å². The molecule has 1 aromatic carbocycles. The molecule has 60 heavy (non-hydrogen) atoms. The number of aliphatic hydroxyl groups is 1. The second-order valence-corrected chi connectivity index (χ2v) is 16.4. The van der Waals surface area contributed by atoms with Crippen molar-refractivity contribution in [1.29, 1.82) is 0 Å². The number of ketones is 2. The molecule has 328 valence electrons. The van der Waals surface area contributed by atoms with Crippen LogP contribution in [0.5, 0.6) is 17.2 Å². The maximum Gasteiger partial charge on any atom is 0.514 e. The van der Waals surface area contributed by atoms with E-state index < -0.39 is 141 Å². The monoisotopic (exact) mass is 854 g/mol. The number of carbonyl (C=O) groups excluding carboxylic acids is 4. The molecular weight excluding hydrogens is 810 g/mol. The highest BCUT2D eigenvalue weighted by molar-refractivity contribution is 6.01. The fourth-order valence-electron chi connectivity index (χ4n) is 10.1. The molecule has 4 aliphatic carbocycles. The van der Waals surface area contributed by atoms with Gasteiger partial charge < -0.3 is 48.7 Å². The number of halogens is 2. The number of Topliss-reactive ketones (excluding diaryl/α,β-unsaturated/α-hetero) is 1. The fraction of sp³-hybridized carbons (Fsp3) is 0.632. The summed E-state index contributed by atoms with van der Waals surface area (Å²) >= 11 is 0. The van der Waals surface area contributed by atoms with E-state index in [-0.39, 0.29) is 44.3 Å². The molecule has 1 aromatic rings. The molecule has 1 aliphatic heterocycles. The Hall–Kier alpha value is -5.48. The first-order chi connectivity index (χ1) is 28.0. The van der Waals surface area contributed by atoms with Crippen LogP contribution in [0.25, 0.3) is 0 Å². The van der Waals surface area contributed by atoms with Crippen molar-refractivity contribution < 1.29 is 86.8 Å². The minimum atomic E-state index is -2.45. The van der Waals surface area contributed by atoms with Crippen molar-refractivity contribution in [3.8, 4) is 17.2 Å². The molecule has 10 atom stereocenters. The van der Waals surface area contributed by atoms with Gasteiger partial charge in [-0.3, -0.25) is 9.59 Å². The third-order valence-electron chi connectivity index (χ3n) is 12.6. The van der Waals surface area contributed by atoms with Crippen molar-refractivity contribution in [3.63, 3.8) is 0 Å². The Morgan fingerprint density at radius 2 is 1.75 bits per heavy atom. The van der Waals surface area contributed by atoms with Crippen molar-refractivity contribution in [3.05, 3.63) is 61.7 Å². The van der Waals surface area contributed by atoms with Crippen LogP contribution in [0.4, 0.5) is 13.6 Å². The number of unbranched alkanes of at least 4 members (excludes halogenated alkanes) is 1. The van der Waals surface area contributed by atoms with E-state index in [0.717, 1.165) is 24.3 Å². The lowest BCUT2D eigenvalue weighted by molar-refractivity contribution is -0.790. The summed E-state index contributed by atoms with van der Waals surface area (Å²) in [6.07, 6.45) is -4.49. The van der Waals surface area contributed by atoms with E-state index >= 15 is 8.78 Å². The summed E-state index contributed by atoms with van der Waals surface area (Å²) in [4.78, 5) is 81.8. The van der Waals surface area contributed by atoms with Crippen LogP contribution < -0.4 is 4.74 Å². The van der Waals surface area contributed by atoms with Crippen molar-refractivity contribution in [2.45, 2.75) is 108 Å². The number of carbonyl (C=O) groups is 4. The predicted molar refractivity (Wildman–Crippen MR) is 192 cm³/mol. The maximum atomic E-state index is 17.7. The van der Waals surface area contributed by atoms with Crippen molar-refractivity contribution in [1.82, 2.24) is 0 Å². The Bertz CT molecular complexity index is 2030. The minimum absolute atomic E-state index is 0.00907. The van der Waals surface area contributed by atoms with E-state index in [2.05, 4.69) is 9.68 Å². The van der Waals surface area contributed by atoms with Crippen LogP contribution in [-0.2, 0) is 38.2 Å². The highest BCUT2D eigenvalue weighted by Crippen LogP contribution is 2.72. The summed E-state index contributed by atoms with van der Waals surface area (Å²) in [6.45, 7) is 4.13. The highest BCUT2D eigenvalue weighted by atomic mass is 19.1. The number of allylic oxidation sites excluding steroid dienone is 4. The Balaban J connectivity index is 1.12. The van der Waals surface area contributed by atoms with E-state index in [1.54, 1.807) is 20.8 Å². The molecule has 3 unspecified atom stereocenters. The number of benzene rings is 1. The van der Waals surface area contributed by atoms with Crippen LogP contribution in [0.2, 0.25) is 0 Å². The number of phenols is 2. The van der Waals surface area contributed by atoms with Crippen LogP contribution in [0, 0.1) is 42.9 Å². The first kappa shape index (κ1) is 44.1. The molecule has 0 spiro atoms. The molecule has 22 heteroatoms. The van der Waals surface area contributed by atoms with Gasteiger partial charge in [-0.05, 0) is 95.1 Å². The van der Waals surface area contributed by atoms with Gasteiger partial charge >= 0.3 is 12.1 Å². The van der Waals surface area contributed by atoms with Gasteiger partial charge in [0.15, 0.2) is 40.9 Å². The lowest BCUT2D eigenvalue weighted by Crippen LogP contribution is -2.71. The Labute approximate surface area is 339 Å². The molecule has 5 aliphatic rings. The van der Waals surface area contributed by atoms with Crippen LogP contribution in [0.1, 0.15) is 76.6 Å². The first-order valence-electron chi connectivity index (χ1n) is 19.0. The van der Waals surface area contributed by atoms with Gasteiger partial charge in [0.25, 0.3) is 10.2 Å². The van der Waals surface area contributed by atoms with Crippen molar-refractivity contribution in [2.75, 3.05) is 19.8 Å². The van der Waals surface area contributed by atoms with Gasteiger partial charge in [0.1, 0.15) is 18.9 Å². The summed E-state index contributed by atoms with van der Waals surface area (Å²) in [5.74, 6) is -8.45. The fourth-order valence-corrected chi connectivity index (χ4v) is 10.1. The summed E-state index contributed by atoms with van der Waals surface area (Å²) < 4.78 is 61.5. The zero-order valence-corrected chi connectivity index (χ0v) is 32.8. The summed E-state index contributed by atoms with van der Waals surface area (Å²) in [5.41, 5.74) is -7.96. The second-order valence-electron chi connectivity index (χ2n) is 16.4. The lowest BCUT2D eigenvalue weighted by atomic mass is 9.44. The van der Waals surface area contributed by atoms with Crippen LogP contribution in [-0.4, -0.2) is 111 Å². The number of esters is 1. The van der Waals surface area contributed by atoms with Gasteiger partial charge in [-0.2, -0.15) is 0 Å². The molecular formula is C38H44F2N2O18. The number of phenolic OH excluding ortho intramolecular Hbond substituents is 2. The average molecular weight is 855 g/mol. The minimum Gasteiger partial charge on any atom is -0.504 e. The number of hydrogen-bond acceptors (Lipinski definition) is 18. The Morgan fingerprint density at radius 3 is 2.43 bits per heavy atom. The molecule has 4 fully saturated rings. The number of aliphatic hydroxyl groups excluding tert-OH is 1. The molecule has 6 rings (SSSR count). The topological polar surface area (TPSA) is 280 Å². The van der Waals surface area contributed by atoms with Gasteiger partial charge in [-0.25, -0.2) is 18.4 Å². The number of nitrogens with zero attached hydrogens (tertiary/aromatic N) is 2. The molecule has 3 N–H and O–H groups in total. The van der Waals surface area contributed by atoms with E-state index in [1.165, 1.54) is 13.0 Å². The lowest BCUT2D eigenvalue weighted by Gasteiger charge is -2.63. The van der Waals surface area contributed by atoms with Crippen molar-refractivity contribution in [2.24, 2.45) is 22.7 Å². The number of ether oxygens (including phenoxy) is 5. The predicted octanol–water partition coefficient (Wildman–Crippen LogP) is 4.11. The maximum absolute atomic E-state index is 17.7. The number of rotatable bonds is 15. The Kier molecular flexibility index (Phi) is 11.6. The van der Waals surface area contributed by atoms with Crippen molar-refractivity contribution >= 4 is 23.7 Å². The summed E-state index contributed by atoms with van der Waals surface area (Å²) in [7, 11) is 0. The highest BCUT2D eigenvalue weighted by Gasteiger charge is 2.80. The zero-order chi connectivity index (χ0) is 44.2. The second kappa shape index (κ2) is 15.8. The van der Waals surface area contributed by atoms with Crippen LogP contribution >= 0.6 is 0 Å². The molecule has 0 bridgehead atoms. The van der Waals surface area contributed by atoms with Crippen LogP contribution in [0.3, 0.4) is 0 Å². The average Bonchev–Trinajstić information content (AvgIpc) is 3.57.